The minimum Gasteiger partial charge on any atom is -0.354 e. The number of aromatic nitrogens is 1. The van der Waals surface area contributed by atoms with E-state index in [1.807, 2.05) is 0 Å². The standard InChI is InChI=1S/C56H35N/c1-2-14-36-31-39(28-27-35(36)13-1)37-15-11-17-41(32-37)53-46-22-6-8-24-48(46)54(49-25-9-7-23-47(49)53)42-18-12-16-38(33-42)40-29-30-51-52(34-40)57-56-50-26-10-4-20-44(50)43-19-3-5-21-45(43)55(51)56/h1-34,57H. The van der Waals surface area contributed by atoms with E-state index in [0.717, 1.165) is 5.52 Å². The van der Waals surface area contributed by atoms with E-state index in [-0.39, 0.29) is 0 Å². The van der Waals surface area contributed by atoms with Gasteiger partial charge in [0.1, 0.15) is 0 Å². The Balaban J connectivity index is 1.02. The van der Waals surface area contributed by atoms with Gasteiger partial charge in [-0.3, -0.25) is 0 Å². The first-order valence-corrected chi connectivity index (χ1v) is 19.8. The van der Waals surface area contributed by atoms with Crippen LogP contribution in [0.2, 0.25) is 0 Å². The van der Waals surface area contributed by atoms with Gasteiger partial charge in [0.15, 0.2) is 0 Å². The lowest BCUT2D eigenvalue weighted by atomic mass is 9.85. The Hall–Kier alpha value is -7.48. The molecular formula is C56H35N. The maximum Gasteiger partial charge on any atom is 0.0551 e. The minimum absolute atomic E-state index is 1.15. The molecule has 0 aliphatic carbocycles. The van der Waals surface area contributed by atoms with Crippen LogP contribution >= 0.6 is 0 Å². The molecule has 11 aromatic carbocycles. The normalized spacial score (nSPS) is 11.9. The van der Waals surface area contributed by atoms with Gasteiger partial charge in [-0.1, -0.05) is 182 Å². The molecule has 12 aromatic rings. The number of benzene rings is 11. The van der Waals surface area contributed by atoms with Crippen LogP contribution in [0, 0.1) is 0 Å². The van der Waals surface area contributed by atoms with Gasteiger partial charge >= 0.3 is 0 Å². The zero-order valence-corrected chi connectivity index (χ0v) is 31.1. The lowest BCUT2D eigenvalue weighted by molar-refractivity contribution is 1.55. The predicted octanol–water partition coefficient (Wildman–Crippen LogP) is 15.8. The Morgan fingerprint density at radius 2 is 0.684 bits per heavy atom. The van der Waals surface area contributed by atoms with E-state index in [1.54, 1.807) is 0 Å². The molecule has 0 saturated carbocycles. The van der Waals surface area contributed by atoms with Crippen molar-refractivity contribution < 1.29 is 0 Å². The molecule has 12 rings (SSSR count). The summed E-state index contributed by atoms with van der Waals surface area (Å²) in [5.74, 6) is 0. The van der Waals surface area contributed by atoms with E-state index in [9.17, 15) is 0 Å². The topological polar surface area (TPSA) is 15.8 Å². The van der Waals surface area contributed by atoms with E-state index in [2.05, 4.69) is 211 Å². The monoisotopic (exact) mass is 721 g/mol. The summed E-state index contributed by atoms with van der Waals surface area (Å²) in [4.78, 5) is 3.86. The quantitative estimate of drug-likeness (QED) is 0.138. The van der Waals surface area contributed by atoms with E-state index in [0.29, 0.717) is 0 Å². The van der Waals surface area contributed by atoms with Crippen LogP contribution in [0.15, 0.2) is 206 Å². The first-order valence-electron chi connectivity index (χ1n) is 19.8. The zero-order chi connectivity index (χ0) is 37.5. The average Bonchev–Trinajstić information content (AvgIpc) is 3.68. The summed E-state index contributed by atoms with van der Waals surface area (Å²) in [6.07, 6.45) is 0. The van der Waals surface area contributed by atoms with Crippen LogP contribution in [-0.4, -0.2) is 4.98 Å². The molecule has 0 fully saturated rings. The molecule has 0 amide bonds. The number of H-pyrrole nitrogens is 1. The highest BCUT2D eigenvalue weighted by atomic mass is 14.7. The van der Waals surface area contributed by atoms with Crippen molar-refractivity contribution in [2.75, 3.05) is 0 Å². The molecule has 0 aliphatic heterocycles. The Morgan fingerprint density at radius 3 is 1.30 bits per heavy atom. The number of hydrogen-bond acceptors (Lipinski definition) is 0. The van der Waals surface area contributed by atoms with E-state index in [1.165, 1.54) is 115 Å². The summed E-state index contributed by atoms with van der Waals surface area (Å²) in [6, 6.07) is 75.9. The average molecular weight is 722 g/mol. The van der Waals surface area contributed by atoms with Gasteiger partial charge in [0.25, 0.3) is 0 Å². The lowest BCUT2D eigenvalue weighted by Gasteiger charge is -2.18. The van der Waals surface area contributed by atoms with Crippen LogP contribution in [-0.2, 0) is 0 Å². The Morgan fingerprint density at radius 1 is 0.246 bits per heavy atom. The molecule has 264 valence electrons. The van der Waals surface area contributed by atoms with Crippen LogP contribution in [0.1, 0.15) is 0 Å². The smallest absolute Gasteiger partial charge is 0.0551 e. The molecule has 0 bridgehead atoms. The van der Waals surface area contributed by atoms with Crippen molar-refractivity contribution >= 4 is 75.7 Å². The first-order chi connectivity index (χ1) is 28.3. The molecule has 1 heteroatoms. The van der Waals surface area contributed by atoms with Gasteiger partial charge in [-0.05, 0) is 117 Å². The van der Waals surface area contributed by atoms with Crippen molar-refractivity contribution in [1.29, 1.82) is 0 Å². The maximum absolute atomic E-state index is 3.86. The highest BCUT2D eigenvalue weighted by Gasteiger charge is 2.18. The van der Waals surface area contributed by atoms with Gasteiger partial charge in [-0.25, -0.2) is 0 Å². The summed E-state index contributed by atoms with van der Waals surface area (Å²) < 4.78 is 0. The predicted molar refractivity (Wildman–Crippen MR) is 245 cm³/mol. The second-order valence-electron chi connectivity index (χ2n) is 15.3. The van der Waals surface area contributed by atoms with Gasteiger partial charge in [0.05, 0.1) is 5.52 Å². The minimum atomic E-state index is 1.15. The first kappa shape index (κ1) is 31.8. The Kier molecular flexibility index (Phi) is 7.00. The molecule has 1 heterocycles. The van der Waals surface area contributed by atoms with Gasteiger partial charge in [-0.15, -0.1) is 0 Å². The third-order valence-electron chi connectivity index (χ3n) is 12.1. The molecule has 0 unspecified atom stereocenters. The number of hydrogen-bond donors (Lipinski definition) is 1. The molecule has 0 radical (unpaired) electrons. The fourth-order valence-electron chi connectivity index (χ4n) is 9.56. The molecule has 1 nitrogen and oxygen atoms in total. The van der Waals surface area contributed by atoms with Crippen molar-refractivity contribution in [3.8, 4) is 44.5 Å². The summed E-state index contributed by atoms with van der Waals surface area (Å²) in [7, 11) is 0. The third kappa shape index (κ3) is 4.96. The molecule has 0 spiro atoms. The van der Waals surface area contributed by atoms with Crippen LogP contribution in [0.4, 0.5) is 0 Å². The largest absolute Gasteiger partial charge is 0.354 e. The van der Waals surface area contributed by atoms with E-state index >= 15 is 0 Å². The fourth-order valence-corrected chi connectivity index (χ4v) is 9.56. The third-order valence-corrected chi connectivity index (χ3v) is 12.1. The van der Waals surface area contributed by atoms with E-state index < -0.39 is 0 Å². The van der Waals surface area contributed by atoms with Crippen LogP contribution in [0.3, 0.4) is 0 Å². The zero-order valence-electron chi connectivity index (χ0n) is 31.1. The highest BCUT2D eigenvalue weighted by molar-refractivity contribution is 6.31. The van der Waals surface area contributed by atoms with Gasteiger partial charge in [-0.2, -0.15) is 0 Å². The molecule has 57 heavy (non-hydrogen) atoms. The number of nitrogens with one attached hydrogen (secondary N) is 1. The highest BCUT2D eigenvalue weighted by Crippen LogP contribution is 2.45. The molecule has 1 aromatic heterocycles. The Bertz CT molecular complexity index is 3530. The second-order valence-corrected chi connectivity index (χ2v) is 15.3. The molecule has 1 N–H and O–H groups in total. The summed E-state index contributed by atoms with van der Waals surface area (Å²) in [6.45, 7) is 0. The van der Waals surface area contributed by atoms with Crippen molar-refractivity contribution in [2.24, 2.45) is 0 Å². The summed E-state index contributed by atoms with van der Waals surface area (Å²) in [5.41, 5.74) is 12.2. The van der Waals surface area contributed by atoms with Crippen LogP contribution < -0.4 is 0 Å². The number of rotatable bonds is 4. The number of fused-ring (bicyclic) bond motifs is 11. The SMILES string of the molecule is c1cc(-c2ccc3ccccc3c2)cc(-c2c3ccccc3c(-c3cccc(-c4ccc5c(c4)[nH]c4c6ccccc6c6ccccc6c54)c3)c3ccccc23)c1. The molecule has 0 atom stereocenters. The lowest BCUT2D eigenvalue weighted by Crippen LogP contribution is -1.91. The van der Waals surface area contributed by atoms with Crippen molar-refractivity contribution in [1.82, 2.24) is 4.98 Å². The maximum atomic E-state index is 3.86. The van der Waals surface area contributed by atoms with Crippen molar-refractivity contribution in [2.45, 2.75) is 0 Å². The van der Waals surface area contributed by atoms with Gasteiger partial charge in [0.2, 0.25) is 0 Å². The van der Waals surface area contributed by atoms with E-state index in [4.69, 9.17) is 0 Å². The summed E-state index contributed by atoms with van der Waals surface area (Å²) in [5, 5.41) is 15.2. The van der Waals surface area contributed by atoms with Gasteiger partial charge < -0.3 is 4.98 Å². The van der Waals surface area contributed by atoms with Crippen molar-refractivity contribution in [3.63, 3.8) is 0 Å². The van der Waals surface area contributed by atoms with Crippen molar-refractivity contribution in [3.05, 3.63) is 206 Å². The molecule has 0 saturated heterocycles. The molecular weight excluding hydrogens is 687 g/mol. The second kappa shape index (κ2) is 12.5. The fraction of sp³-hybridized carbons (Fsp3) is 0. The number of aromatic amines is 1. The summed E-state index contributed by atoms with van der Waals surface area (Å²) >= 11 is 0. The Labute approximate surface area is 330 Å². The van der Waals surface area contributed by atoms with Crippen LogP contribution in [0.5, 0.6) is 0 Å². The molecule has 0 aliphatic rings. The van der Waals surface area contributed by atoms with Gasteiger partial charge in [0, 0.05) is 21.7 Å². The van der Waals surface area contributed by atoms with Crippen LogP contribution in [0.25, 0.3) is 120 Å².